The zero-order valence-electron chi connectivity index (χ0n) is 8.37. The zero-order chi connectivity index (χ0) is 12.2. The van der Waals surface area contributed by atoms with Crippen LogP contribution in [0.2, 0.25) is 0 Å². The minimum absolute atomic E-state index is 0.993. The van der Waals surface area contributed by atoms with E-state index in [1.807, 2.05) is 22.9 Å². The molecule has 0 N–H and O–H groups in total. The van der Waals surface area contributed by atoms with Crippen LogP contribution in [0.3, 0.4) is 0 Å². The summed E-state index contributed by atoms with van der Waals surface area (Å²) in [6.45, 7) is 2.06. The number of aryl methyl sites for hydroxylation is 1. The summed E-state index contributed by atoms with van der Waals surface area (Å²) in [6, 6.07) is 6.04. The third kappa shape index (κ3) is 4.96. The maximum Gasteiger partial charge on any atom is 0.327 e. The number of hydrogen-bond acceptors (Lipinski definition) is 5. The topological polar surface area (TPSA) is 109 Å². The first-order valence-electron chi connectivity index (χ1n) is 4.21. The molecule has 0 aliphatic heterocycles. The first-order valence-corrected chi connectivity index (χ1v) is 5.44. The summed E-state index contributed by atoms with van der Waals surface area (Å²) in [5.74, 6) is 0. The molecule has 0 saturated carbocycles. The monoisotopic (exact) mass is 244 g/mol. The van der Waals surface area contributed by atoms with E-state index < -0.39 is 10.2 Å². The highest BCUT2D eigenvalue weighted by Crippen LogP contribution is 1.95. The average molecular weight is 245 g/mol. The van der Waals surface area contributed by atoms with E-state index in [1.54, 1.807) is 6.20 Å². The predicted molar refractivity (Wildman–Crippen MR) is 42.1 cm³/mol. The van der Waals surface area contributed by atoms with Crippen molar-refractivity contribution in [1.82, 2.24) is 4.98 Å². The third-order valence-corrected chi connectivity index (χ3v) is 1.66. The van der Waals surface area contributed by atoms with Gasteiger partial charge in [0.15, 0.2) is 0 Å². The average Bonchev–Trinajstić information content (AvgIpc) is 2.15. The van der Waals surface area contributed by atoms with E-state index in [9.17, 15) is 0 Å². The van der Waals surface area contributed by atoms with Crippen molar-refractivity contribution in [3.8, 4) is 0 Å². The van der Waals surface area contributed by atoms with Gasteiger partial charge in [-0.3, -0.25) is 0 Å². The fraction of sp³-hybridized carbons (Fsp3) is 0.111. The van der Waals surface area contributed by atoms with Gasteiger partial charge in [0.25, 0.3) is 0 Å². The summed E-state index contributed by atoms with van der Waals surface area (Å²) in [4.78, 5) is 4.20. The molecule has 2 aromatic heterocycles. The van der Waals surface area contributed by atoms with Gasteiger partial charge in [-0.25, -0.2) is 23.0 Å². The zero-order valence-corrected chi connectivity index (χ0v) is 9.13. The molecule has 0 saturated heterocycles. The van der Waals surface area contributed by atoms with Crippen LogP contribution in [0.5, 0.6) is 0 Å². The van der Waals surface area contributed by atoms with E-state index in [0.29, 0.717) is 0 Å². The molecule has 0 amide bonds. The second kappa shape index (κ2) is 5.15. The fourth-order valence-corrected chi connectivity index (χ4v) is 1.08. The minimum atomic E-state index is -4.94. The number of aromatic nitrogens is 2. The quantitative estimate of drug-likeness (QED) is 0.444. The Labute approximate surface area is 93.8 Å². The first kappa shape index (κ1) is 12.8. The molecular weight excluding hydrogens is 236 g/mol. The highest BCUT2D eigenvalue weighted by Gasteiger charge is 1.98. The van der Waals surface area contributed by atoms with Gasteiger partial charge in [0.05, 0.1) is 12.4 Å². The Morgan fingerprint density at radius 3 is 2.44 bits per heavy atom. The molecule has 7 heteroatoms. The molecule has 86 valence electrons. The summed E-state index contributed by atoms with van der Waals surface area (Å²) in [7, 11) is -4.94. The maximum absolute atomic E-state index is 8.49. The Morgan fingerprint density at radius 2 is 1.81 bits per heavy atom. The number of fused-ring (bicyclic) bond motifs is 1. The van der Waals surface area contributed by atoms with E-state index in [1.165, 1.54) is 5.56 Å². The van der Waals surface area contributed by atoms with E-state index in [4.69, 9.17) is 18.6 Å². The van der Waals surface area contributed by atoms with Gasteiger partial charge in [-0.2, -0.15) is 0 Å². The van der Waals surface area contributed by atoms with Gasteiger partial charge in [0, 0.05) is 12.1 Å². The van der Waals surface area contributed by atoms with Crippen LogP contribution < -0.4 is 23.0 Å². The molecule has 16 heavy (non-hydrogen) atoms. The van der Waals surface area contributed by atoms with Crippen LogP contribution >= 0.6 is 0 Å². The van der Waals surface area contributed by atoms with Gasteiger partial charge in [0.2, 0.25) is 0 Å². The van der Waals surface area contributed by atoms with Crippen LogP contribution in [0.4, 0.5) is 0 Å². The van der Waals surface area contributed by atoms with Crippen LogP contribution in [0.15, 0.2) is 36.8 Å². The maximum atomic E-state index is 8.49. The van der Waals surface area contributed by atoms with Crippen molar-refractivity contribution in [3.63, 3.8) is 0 Å². The number of hydrogen-bond donors (Lipinski definition) is 0. The summed E-state index contributed by atoms with van der Waals surface area (Å²) in [5, 5.41) is 0. The molecule has 0 aromatic carbocycles. The van der Waals surface area contributed by atoms with Gasteiger partial charge in [-0.05, 0) is 23.5 Å². The molecule has 2 heterocycles. The van der Waals surface area contributed by atoms with E-state index in [-0.39, 0.29) is 0 Å². The second-order valence-electron chi connectivity index (χ2n) is 2.97. The Bertz CT molecular complexity index is 466. The molecule has 0 fully saturated rings. The van der Waals surface area contributed by atoms with Crippen LogP contribution in [0.25, 0.3) is 5.65 Å². The van der Waals surface area contributed by atoms with Gasteiger partial charge in [-0.15, -0.1) is 10.2 Å². The normalized spacial score (nSPS) is 10.8. The van der Waals surface area contributed by atoms with E-state index in [0.717, 1.165) is 5.65 Å². The van der Waals surface area contributed by atoms with Crippen molar-refractivity contribution < 1.29 is 33.3 Å². The summed E-state index contributed by atoms with van der Waals surface area (Å²) >= 11 is 0. The molecule has 0 unspecified atom stereocenters. The summed E-state index contributed by atoms with van der Waals surface area (Å²) < 4.78 is 36.0. The van der Waals surface area contributed by atoms with Crippen molar-refractivity contribution in [1.29, 1.82) is 0 Å². The highest BCUT2D eigenvalue weighted by atomic mass is 35.7. The molecule has 2 rings (SSSR count). The Hall–Kier alpha value is -1.31. The van der Waals surface area contributed by atoms with E-state index in [2.05, 4.69) is 24.0 Å². The molecular formula is C9H9ClN2O4. The smallest absolute Gasteiger partial charge is 0.222 e. The lowest BCUT2D eigenvalue weighted by molar-refractivity contribution is -2.00. The second-order valence-corrected chi connectivity index (χ2v) is 3.72. The SMILES string of the molecule is Cc1cc[n+]2cccnc2c1.[O-][Cl+3]([O-])([O-])[O-]. The molecule has 6 nitrogen and oxygen atoms in total. The van der Waals surface area contributed by atoms with Crippen molar-refractivity contribution in [2.45, 2.75) is 6.92 Å². The fourth-order valence-electron chi connectivity index (χ4n) is 1.08. The van der Waals surface area contributed by atoms with Crippen LogP contribution in [-0.4, -0.2) is 4.98 Å². The molecule has 0 bridgehead atoms. The van der Waals surface area contributed by atoms with Gasteiger partial charge >= 0.3 is 5.65 Å². The van der Waals surface area contributed by atoms with Gasteiger partial charge in [0.1, 0.15) is 6.20 Å². The van der Waals surface area contributed by atoms with Crippen LogP contribution in [-0.2, 0) is 0 Å². The highest BCUT2D eigenvalue weighted by molar-refractivity contribution is 5.31. The van der Waals surface area contributed by atoms with Gasteiger partial charge in [-0.1, -0.05) is 0 Å². The number of rotatable bonds is 0. The third-order valence-electron chi connectivity index (χ3n) is 1.66. The standard InChI is InChI=1S/C9H9N2.ClHO4/c1-8-3-6-11-5-2-4-10-9(11)7-8;2-1(3,4)5/h2-7H,1H3;(H,2,3,4,5)/q+1;/p-1. The van der Waals surface area contributed by atoms with Crippen LogP contribution in [0.1, 0.15) is 5.56 Å². The molecule has 0 spiro atoms. The Kier molecular flexibility index (Phi) is 4.11. The van der Waals surface area contributed by atoms with Crippen molar-refractivity contribution in [3.05, 3.63) is 42.4 Å². The number of nitrogens with zero attached hydrogens (tertiary/aromatic N) is 2. The first-order chi connectivity index (χ1) is 7.36. The lowest BCUT2D eigenvalue weighted by Gasteiger charge is -2.17. The molecule has 0 aliphatic rings. The largest absolute Gasteiger partial charge is 0.327 e. The van der Waals surface area contributed by atoms with Crippen molar-refractivity contribution in [2.75, 3.05) is 0 Å². The summed E-state index contributed by atoms with van der Waals surface area (Å²) in [5.41, 5.74) is 2.23. The van der Waals surface area contributed by atoms with Gasteiger partial charge < -0.3 is 0 Å². The number of pyridine rings is 1. The molecule has 0 radical (unpaired) electrons. The predicted octanol–water partition coefficient (Wildman–Crippen LogP) is -3.63. The lowest BCUT2D eigenvalue weighted by atomic mass is 10.3. The van der Waals surface area contributed by atoms with Crippen LogP contribution in [0, 0.1) is 17.2 Å². The molecule has 0 atom stereocenters. The van der Waals surface area contributed by atoms with Crippen molar-refractivity contribution in [2.24, 2.45) is 0 Å². The molecule has 2 aromatic rings. The Morgan fingerprint density at radius 1 is 1.19 bits per heavy atom. The van der Waals surface area contributed by atoms with E-state index >= 15 is 0 Å². The Balaban J connectivity index is 0.000000221. The minimum Gasteiger partial charge on any atom is -0.222 e. The van der Waals surface area contributed by atoms with Crippen molar-refractivity contribution >= 4 is 5.65 Å². The lowest BCUT2D eigenvalue weighted by Crippen LogP contribution is -2.68. The molecule has 0 aliphatic carbocycles. The summed E-state index contributed by atoms with van der Waals surface area (Å²) in [6.07, 6.45) is 5.80. The number of halogens is 1.